The number of fused-ring (bicyclic) bond motifs is 2. The lowest BCUT2D eigenvalue weighted by atomic mass is 9.98. The molecule has 2 saturated heterocycles. The van der Waals surface area contributed by atoms with Gasteiger partial charge >= 0.3 is 6.03 Å². The van der Waals surface area contributed by atoms with Crippen molar-refractivity contribution in [1.82, 2.24) is 25.1 Å². The van der Waals surface area contributed by atoms with Crippen molar-refractivity contribution in [1.29, 1.82) is 0 Å². The molecule has 45 heavy (non-hydrogen) atoms. The Labute approximate surface area is 262 Å². The van der Waals surface area contributed by atoms with Crippen molar-refractivity contribution in [2.45, 2.75) is 38.1 Å². The number of urea groups is 1. The average Bonchev–Trinajstić information content (AvgIpc) is 3.52. The van der Waals surface area contributed by atoms with Crippen LogP contribution in [0.1, 0.15) is 22.3 Å². The molecule has 2 atom stereocenters. The maximum atomic E-state index is 14.2. The van der Waals surface area contributed by atoms with Gasteiger partial charge in [0, 0.05) is 44.4 Å². The second-order valence-corrected chi connectivity index (χ2v) is 11.5. The van der Waals surface area contributed by atoms with Crippen LogP contribution < -0.4 is 20.1 Å². The Bertz CT molecular complexity index is 1600. The fourth-order valence-corrected chi connectivity index (χ4v) is 6.60. The Balaban J connectivity index is 1.31. The molecule has 3 aromatic carbocycles. The van der Waals surface area contributed by atoms with Crippen molar-refractivity contribution in [2.24, 2.45) is 0 Å². The van der Waals surface area contributed by atoms with Crippen LogP contribution in [-0.2, 0) is 35.5 Å². The predicted octanol–water partition coefficient (Wildman–Crippen LogP) is 2.56. The number of para-hydroxylation sites is 2. The molecule has 0 radical (unpaired) electrons. The number of piperazine rings is 1. The van der Waals surface area contributed by atoms with Gasteiger partial charge in [0.25, 0.3) is 0 Å². The van der Waals surface area contributed by atoms with Crippen LogP contribution in [0.4, 0.5) is 10.5 Å². The van der Waals surface area contributed by atoms with Gasteiger partial charge in [-0.15, -0.1) is 0 Å². The van der Waals surface area contributed by atoms with E-state index >= 15 is 0 Å². The zero-order valence-electron chi connectivity index (χ0n) is 25.7. The van der Waals surface area contributed by atoms with Gasteiger partial charge in [-0.25, -0.2) is 14.8 Å². The zero-order chi connectivity index (χ0) is 31.7. The Morgan fingerprint density at radius 1 is 1.02 bits per heavy atom. The standard InChI is InChI=1S/C33H38N6O6/c1-36-20-29(41)38-26(16-21-10-12-25(40)13-11-21)32(42)37(18-24-8-4-6-22-14-15-34-30(22)24)19-28(38)39(36)33(43)35-17-23-7-5-9-27(44-2)31(23)45-3/h4-13,26,28,34,40H,14-20H2,1-3H3,(H,35,43)/t26-,28?/m0/s1. The summed E-state index contributed by atoms with van der Waals surface area (Å²) in [4.78, 5) is 45.1. The van der Waals surface area contributed by atoms with Gasteiger partial charge in [0.2, 0.25) is 11.8 Å². The first kappa shape index (κ1) is 30.1. The summed E-state index contributed by atoms with van der Waals surface area (Å²) in [7, 11) is 4.80. The lowest BCUT2D eigenvalue weighted by Gasteiger charge is -2.54. The monoisotopic (exact) mass is 614 g/mol. The number of amides is 4. The number of rotatable bonds is 8. The molecule has 0 spiro atoms. The highest BCUT2D eigenvalue weighted by Gasteiger charge is 2.50. The largest absolute Gasteiger partial charge is 0.508 e. The van der Waals surface area contributed by atoms with Crippen LogP contribution in [-0.4, -0.2) is 95.9 Å². The van der Waals surface area contributed by atoms with Gasteiger partial charge in [-0.3, -0.25) is 9.59 Å². The number of hydrogen-bond donors (Lipinski definition) is 3. The summed E-state index contributed by atoms with van der Waals surface area (Å²) >= 11 is 0. The van der Waals surface area contributed by atoms with Crippen LogP contribution in [0.25, 0.3) is 0 Å². The number of benzene rings is 3. The number of carbonyl (C=O) groups excluding carboxylic acids is 3. The van der Waals surface area contributed by atoms with E-state index in [1.165, 1.54) is 10.6 Å². The summed E-state index contributed by atoms with van der Waals surface area (Å²) in [5.41, 5.74) is 4.77. The molecule has 3 N–H and O–H groups in total. The highest BCUT2D eigenvalue weighted by molar-refractivity contribution is 5.92. The van der Waals surface area contributed by atoms with Crippen LogP contribution in [0.5, 0.6) is 17.2 Å². The number of likely N-dealkylation sites (N-methyl/N-ethyl adjacent to an activating group) is 1. The van der Waals surface area contributed by atoms with Crippen LogP contribution in [0.3, 0.4) is 0 Å². The third-order valence-electron chi connectivity index (χ3n) is 8.72. The molecule has 0 bridgehead atoms. The quantitative estimate of drug-likeness (QED) is 0.354. The minimum Gasteiger partial charge on any atom is -0.508 e. The van der Waals surface area contributed by atoms with Gasteiger partial charge < -0.3 is 35.0 Å². The number of phenols is 1. The van der Waals surface area contributed by atoms with E-state index in [1.54, 1.807) is 66.4 Å². The minimum absolute atomic E-state index is 0.0676. The first-order valence-corrected chi connectivity index (χ1v) is 15.0. The first-order chi connectivity index (χ1) is 21.8. The van der Waals surface area contributed by atoms with E-state index < -0.39 is 18.2 Å². The normalized spacial score (nSPS) is 19.6. The number of ether oxygens (including phenoxy) is 2. The number of hydrogen-bond acceptors (Lipinski definition) is 8. The Morgan fingerprint density at radius 3 is 2.53 bits per heavy atom. The third-order valence-corrected chi connectivity index (χ3v) is 8.72. The summed E-state index contributed by atoms with van der Waals surface area (Å²) in [6, 6.07) is 16.9. The smallest absolute Gasteiger partial charge is 0.334 e. The number of anilines is 1. The predicted molar refractivity (Wildman–Crippen MR) is 167 cm³/mol. The molecule has 6 rings (SSSR count). The fraction of sp³-hybridized carbons (Fsp3) is 0.364. The summed E-state index contributed by atoms with van der Waals surface area (Å²) in [6.07, 6.45) is 0.416. The van der Waals surface area contributed by atoms with Gasteiger partial charge in [-0.2, -0.15) is 0 Å². The molecule has 12 nitrogen and oxygen atoms in total. The SMILES string of the molecule is COc1cccc(CNC(=O)N2C3CN(Cc4cccc5c4NCC5)C(=O)[C@H](Cc4ccc(O)cc4)N3C(=O)CN2C)c1OC. The van der Waals surface area contributed by atoms with Gasteiger partial charge in [-0.05, 0) is 41.3 Å². The van der Waals surface area contributed by atoms with Gasteiger partial charge in [0.1, 0.15) is 18.0 Å². The molecule has 0 saturated carbocycles. The zero-order valence-corrected chi connectivity index (χ0v) is 25.7. The van der Waals surface area contributed by atoms with Crippen molar-refractivity contribution in [3.8, 4) is 17.2 Å². The highest BCUT2D eigenvalue weighted by atomic mass is 16.5. The second-order valence-electron chi connectivity index (χ2n) is 11.5. The van der Waals surface area contributed by atoms with Crippen molar-refractivity contribution in [3.63, 3.8) is 0 Å². The van der Waals surface area contributed by atoms with Crippen molar-refractivity contribution in [2.75, 3.05) is 46.2 Å². The minimum atomic E-state index is -0.840. The number of nitrogens with zero attached hydrogens (tertiary/aromatic N) is 4. The molecule has 2 fully saturated rings. The average molecular weight is 615 g/mol. The molecule has 0 aliphatic carbocycles. The maximum absolute atomic E-state index is 14.2. The molecule has 0 aromatic heterocycles. The number of phenolic OH excluding ortho intramolecular Hbond substituents is 1. The molecule has 236 valence electrons. The van der Waals surface area contributed by atoms with Crippen molar-refractivity contribution >= 4 is 23.5 Å². The Kier molecular flexibility index (Phi) is 8.40. The van der Waals surface area contributed by atoms with E-state index in [4.69, 9.17) is 9.47 Å². The van der Waals surface area contributed by atoms with E-state index in [0.29, 0.717) is 18.0 Å². The summed E-state index contributed by atoms with van der Waals surface area (Å²) < 4.78 is 10.9. The van der Waals surface area contributed by atoms with Crippen LogP contribution in [0, 0.1) is 0 Å². The molecular formula is C33H38N6O6. The van der Waals surface area contributed by atoms with E-state index in [9.17, 15) is 19.5 Å². The van der Waals surface area contributed by atoms with Crippen molar-refractivity contribution in [3.05, 3.63) is 82.9 Å². The molecule has 3 heterocycles. The summed E-state index contributed by atoms with van der Waals surface area (Å²) in [5.74, 6) is 0.771. The number of methoxy groups -OCH3 is 2. The maximum Gasteiger partial charge on any atom is 0.334 e. The van der Waals surface area contributed by atoms with Gasteiger partial charge in [0.05, 0.1) is 27.3 Å². The van der Waals surface area contributed by atoms with Crippen LogP contribution >= 0.6 is 0 Å². The molecule has 3 aromatic rings. The molecule has 12 heteroatoms. The number of hydrazine groups is 1. The van der Waals surface area contributed by atoms with Crippen LogP contribution in [0.15, 0.2) is 60.7 Å². The fourth-order valence-electron chi connectivity index (χ4n) is 6.60. The first-order valence-electron chi connectivity index (χ1n) is 15.0. The number of aromatic hydroxyl groups is 1. The lowest BCUT2D eigenvalue weighted by Crippen LogP contribution is -2.76. The van der Waals surface area contributed by atoms with E-state index in [-0.39, 0.29) is 43.6 Å². The van der Waals surface area contributed by atoms with Gasteiger partial charge in [-0.1, -0.05) is 42.5 Å². The third kappa shape index (κ3) is 5.80. The lowest BCUT2D eigenvalue weighted by molar-refractivity contribution is -0.187. The molecule has 4 amide bonds. The second kappa shape index (κ2) is 12.6. The highest BCUT2D eigenvalue weighted by Crippen LogP contribution is 2.33. The molecule has 1 unspecified atom stereocenters. The molecule has 3 aliphatic rings. The van der Waals surface area contributed by atoms with E-state index in [0.717, 1.165) is 35.3 Å². The Morgan fingerprint density at radius 2 is 1.78 bits per heavy atom. The summed E-state index contributed by atoms with van der Waals surface area (Å²) in [6.45, 7) is 1.40. The van der Waals surface area contributed by atoms with E-state index in [1.807, 2.05) is 24.3 Å². The van der Waals surface area contributed by atoms with Crippen molar-refractivity contribution < 1.29 is 29.0 Å². The van der Waals surface area contributed by atoms with Gasteiger partial charge in [0.15, 0.2) is 11.5 Å². The van der Waals surface area contributed by atoms with E-state index in [2.05, 4.69) is 16.7 Å². The number of carbonyl (C=O) groups is 3. The Hall–Kier alpha value is -4.97. The molecule has 3 aliphatic heterocycles. The van der Waals surface area contributed by atoms with Crippen LogP contribution in [0.2, 0.25) is 0 Å². The summed E-state index contributed by atoms with van der Waals surface area (Å²) in [5, 5.41) is 19.4. The molecular weight excluding hydrogens is 576 g/mol. The number of nitrogens with one attached hydrogen (secondary N) is 2. The topological polar surface area (TPSA) is 127 Å².